The first-order valence-corrected chi connectivity index (χ1v) is 4.45. The Labute approximate surface area is 80.5 Å². The summed E-state index contributed by atoms with van der Waals surface area (Å²) in [7, 11) is 3.62. The molecule has 1 unspecified atom stereocenters. The Morgan fingerprint density at radius 3 is 2.77 bits per heavy atom. The summed E-state index contributed by atoms with van der Waals surface area (Å²) in [6.07, 6.45) is 5.87. The second-order valence-corrected chi connectivity index (χ2v) is 3.23. The van der Waals surface area contributed by atoms with Crippen molar-refractivity contribution in [3.05, 3.63) is 0 Å². The van der Waals surface area contributed by atoms with Crippen LogP contribution in [0.15, 0.2) is 0 Å². The monoisotopic (exact) mass is 182 g/mol. The molecule has 0 aliphatic carbocycles. The molecule has 0 saturated heterocycles. The average Bonchev–Trinajstić information content (AvgIpc) is 2.13. The second-order valence-electron chi connectivity index (χ2n) is 3.23. The minimum Gasteiger partial charge on any atom is -0.359 e. The Morgan fingerprint density at radius 2 is 2.31 bits per heavy atom. The number of nitrogens with one attached hydrogen (secondary N) is 1. The quantitative estimate of drug-likeness (QED) is 0.621. The fourth-order valence-electron chi connectivity index (χ4n) is 1.14. The van der Waals surface area contributed by atoms with Gasteiger partial charge in [0.25, 0.3) is 0 Å². The average molecular weight is 182 g/mol. The molecule has 1 N–H and O–H groups in total. The molecule has 74 valence electrons. The fraction of sp³-hybridized carbons (Fsp3) is 0.700. The maximum atomic E-state index is 11.1. The van der Waals surface area contributed by atoms with Crippen LogP contribution in [0, 0.1) is 18.3 Å². The molecular formula is C10H18N2O. The topological polar surface area (TPSA) is 32.3 Å². The van der Waals surface area contributed by atoms with Crippen molar-refractivity contribution in [2.75, 3.05) is 27.2 Å². The van der Waals surface area contributed by atoms with Crippen LogP contribution >= 0.6 is 0 Å². The summed E-state index contributed by atoms with van der Waals surface area (Å²) in [5, 5.41) is 2.62. The molecule has 3 heteroatoms. The van der Waals surface area contributed by atoms with Crippen molar-refractivity contribution in [1.82, 2.24) is 10.2 Å². The van der Waals surface area contributed by atoms with Gasteiger partial charge in [0.05, 0.1) is 0 Å². The van der Waals surface area contributed by atoms with Gasteiger partial charge in [-0.2, -0.15) is 0 Å². The summed E-state index contributed by atoms with van der Waals surface area (Å²) in [5.74, 6) is 2.67. The van der Waals surface area contributed by atoms with Crippen molar-refractivity contribution in [3.8, 4) is 12.3 Å². The summed E-state index contributed by atoms with van der Waals surface area (Å²) in [4.78, 5) is 13.2. The number of hydrogen-bond donors (Lipinski definition) is 1. The fourth-order valence-corrected chi connectivity index (χ4v) is 1.14. The Balaban J connectivity index is 3.72. The molecule has 3 nitrogen and oxygen atoms in total. The maximum Gasteiger partial charge on any atom is 0.223 e. The van der Waals surface area contributed by atoms with Crippen LogP contribution in [0.3, 0.4) is 0 Å². The minimum atomic E-state index is 0.0211. The van der Waals surface area contributed by atoms with Crippen LogP contribution in [-0.4, -0.2) is 38.0 Å². The molecule has 0 spiro atoms. The number of nitrogens with zero attached hydrogens (tertiary/aromatic N) is 1. The van der Waals surface area contributed by atoms with E-state index in [1.165, 1.54) is 0 Å². The van der Waals surface area contributed by atoms with Crippen LogP contribution in [0.25, 0.3) is 0 Å². The third-order valence-corrected chi connectivity index (χ3v) is 1.92. The van der Waals surface area contributed by atoms with Gasteiger partial charge in [-0.1, -0.05) is 6.92 Å². The predicted octanol–water partition coefficient (Wildman–Crippen LogP) is 0.324. The molecule has 0 radical (unpaired) electrons. The standard InChI is InChI=1S/C10H18N2O/c1-5-6-7-12(4)8-9(2)10(13)11-3/h1,9H,6-8H2,2-4H3,(H,11,13). The molecule has 0 aromatic carbocycles. The van der Waals surface area contributed by atoms with Crippen LogP contribution in [0.4, 0.5) is 0 Å². The van der Waals surface area contributed by atoms with Gasteiger partial charge in [-0.05, 0) is 7.05 Å². The number of carbonyl (C=O) groups excluding carboxylic acids is 1. The highest BCUT2D eigenvalue weighted by Gasteiger charge is 2.12. The van der Waals surface area contributed by atoms with Crippen LogP contribution in [0.1, 0.15) is 13.3 Å². The Hall–Kier alpha value is -1.01. The van der Waals surface area contributed by atoms with Crippen molar-refractivity contribution < 1.29 is 4.79 Å². The molecule has 13 heavy (non-hydrogen) atoms. The first kappa shape index (κ1) is 12.0. The molecule has 0 fully saturated rings. The normalized spacial score (nSPS) is 12.2. The molecule has 0 rings (SSSR count). The third kappa shape index (κ3) is 5.26. The van der Waals surface area contributed by atoms with E-state index in [1.54, 1.807) is 7.05 Å². The molecule has 0 bridgehead atoms. The zero-order valence-corrected chi connectivity index (χ0v) is 8.63. The van der Waals surface area contributed by atoms with E-state index in [9.17, 15) is 4.79 Å². The van der Waals surface area contributed by atoms with E-state index in [0.29, 0.717) is 0 Å². The molecule has 0 heterocycles. The lowest BCUT2D eigenvalue weighted by molar-refractivity contribution is -0.124. The smallest absolute Gasteiger partial charge is 0.223 e. The molecule has 0 aliphatic rings. The van der Waals surface area contributed by atoms with Gasteiger partial charge in [0.15, 0.2) is 0 Å². The summed E-state index contributed by atoms with van der Waals surface area (Å²) >= 11 is 0. The van der Waals surface area contributed by atoms with Crippen molar-refractivity contribution in [1.29, 1.82) is 0 Å². The SMILES string of the molecule is C#CCCN(C)CC(C)C(=O)NC. The maximum absolute atomic E-state index is 11.1. The first-order chi connectivity index (χ1) is 6.11. The van der Waals surface area contributed by atoms with Gasteiger partial charge in [0.2, 0.25) is 5.91 Å². The molecule has 0 aromatic heterocycles. The largest absolute Gasteiger partial charge is 0.359 e. The lowest BCUT2D eigenvalue weighted by atomic mass is 10.1. The van der Waals surface area contributed by atoms with Gasteiger partial charge in [-0.3, -0.25) is 4.79 Å². The summed E-state index contributed by atoms with van der Waals surface area (Å²) < 4.78 is 0. The van der Waals surface area contributed by atoms with Crippen molar-refractivity contribution in [3.63, 3.8) is 0 Å². The summed E-state index contributed by atoms with van der Waals surface area (Å²) in [6.45, 7) is 3.50. The van der Waals surface area contributed by atoms with Crippen LogP contribution in [-0.2, 0) is 4.79 Å². The van der Waals surface area contributed by atoms with Gasteiger partial charge in [-0.25, -0.2) is 0 Å². The van der Waals surface area contributed by atoms with E-state index in [4.69, 9.17) is 6.42 Å². The first-order valence-electron chi connectivity index (χ1n) is 4.45. The minimum absolute atomic E-state index is 0.0211. The second kappa shape index (κ2) is 6.50. The summed E-state index contributed by atoms with van der Waals surface area (Å²) in [6, 6.07) is 0. The number of terminal acetylenes is 1. The van der Waals surface area contributed by atoms with Crippen LogP contribution < -0.4 is 5.32 Å². The molecule has 1 amide bonds. The van der Waals surface area contributed by atoms with E-state index in [-0.39, 0.29) is 11.8 Å². The molecule has 1 atom stereocenters. The van der Waals surface area contributed by atoms with E-state index in [1.807, 2.05) is 14.0 Å². The van der Waals surface area contributed by atoms with E-state index in [2.05, 4.69) is 16.1 Å². The molecular weight excluding hydrogens is 164 g/mol. The lowest BCUT2D eigenvalue weighted by Crippen LogP contribution is -2.34. The zero-order valence-electron chi connectivity index (χ0n) is 8.63. The highest BCUT2D eigenvalue weighted by atomic mass is 16.1. The van der Waals surface area contributed by atoms with Gasteiger partial charge in [0.1, 0.15) is 0 Å². The van der Waals surface area contributed by atoms with Gasteiger partial charge < -0.3 is 10.2 Å². The number of carbonyl (C=O) groups is 1. The third-order valence-electron chi connectivity index (χ3n) is 1.92. The zero-order chi connectivity index (χ0) is 10.3. The van der Waals surface area contributed by atoms with Gasteiger partial charge in [-0.15, -0.1) is 12.3 Å². The molecule has 0 aromatic rings. The Bertz CT molecular complexity index is 196. The van der Waals surface area contributed by atoms with Crippen molar-refractivity contribution >= 4 is 5.91 Å². The highest BCUT2D eigenvalue weighted by molar-refractivity contribution is 5.78. The van der Waals surface area contributed by atoms with E-state index >= 15 is 0 Å². The number of rotatable bonds is 5. The van der Waals surface area contributed by atoms with Gasteiger partial charge >= 0.3 is 0 Å². The molecule has 0 aliphatic heterocycles. The highest BCUT2D eigenvalue weighted by Crippen LogP contribution is 1.98. The van der Waals surface area contributed by atoms with Gasteiger partial charge in [0, 0.05) is 32.5 Å². The predicted molar refractivity (Wildman–Crippen MR) is 54.2 cm³/mol. The molecule has 0 saturated carbocycles. The van der Waals surface area contributed by atoms with Crippen molar-refractivity contribution in [2.24, 2.45) is 5.92 Å². The lowest BCUT2D eigenvalue weighted by Gasteiger charge is -2.19. The van der Waals surface area contributed by atoms with E-state index in [0.717, 1.165) is 19.5 Å². The summed E-state index contributed by atoms with van der Waals surface area (Å²) in [5.41, 5.74) is 0. The Kier molecular flexibility index (Phi) is 5.99. The van der Waals surface area contributed by atoms with Crippen LogP contribution in [0.2, 0.25) is 0 Å². The van der Waals surface area contributed by atoms with Crippen molar-refractivity contribution in [2.45, 2.75) is 13.3 Å². The number of amides is 1. The number of hydrogen-bond acceptors (Lipinski definition) is 2. The van der Waals surface area contributed by atoms with E-state index < -0.39 is 0 Å². The van der Waals surface area contributed by atoms with Crippen LogP contribution in [0.5, 0.6) is 0 Å². The Morgan fingerprint density at radius 1 is 1.69 bits per heavy atom.